The smallest absolute Gasteiger partial charge is 0.171 e. The summed E-state index contributed by atoms with van der Waals surface area (Å²) in [6.45, 7) is 0. The Balaban J connectivity index is 2.19. The van der Waals surface area contributed by atoms with Gasteiger partial charge in [-0.15, -0.1) is 0 Å². The first kappa shape index (κ1) is 10.3. The molecule has 0 bridgehead atoms. The fourth-order valence-electron chi connectivity index (χ4n) is 2.58. The van der Waals surface area contributed by atoms with Gasteiger partial charge in [-0.05, 0) is 0 Å². The van der Waals surface area contributed by atoms with Gasteiger partial charge in [0.15, 0.2) is 11.6 Å². The van der Waals surface area contributed by atoms with Crippen molar-refractivity contribution >= 4 is 19.4 Å². The highest BCUT2D eigenvalue weighted by atomic mass is 16.1. The zero-order valence-corrected chi connectivity index (χ0v) is 9.51. The summed E-state index contributed by atoms with van der Waals surface area (Å²) < 4.78 is 0. The molecule has 82 valence electrons. The highest BCUT2D eigenvalue weighted by Crippen LogP contribution is 2.34. The second-order valence-electron chi connectivity index (χ2n) is 4.60. The van der Waals surface area contributed by atoms with E-state index in [0.29, 0.717) is 11.1 Å². The van der Waals surface area contributed by atoms with Crippen molar-refractivity contribution < 1.29 is 9.59 Å². The zero-order valence-electron chi connectivity index (χ0n) is 9.51. The maximum atomic E-state index is 12.3. The van der Waals surface area contributed by atoms with Gasteiger partial charge in [-0.25, -0.2) is 0 Å². The number of allylic oxidation sites excluding steroid dienone is 4. The fraction of sp³-hybridized carbons (Fsp3) is 0.143. The molecule has 0 N–H and O–H groups in total. The molecule has 0 radical (unpaired) electrons. The summed E-state index contributed by atoms with van der Waals surface area (Å²) in [7, 11) is 1.95. The molecule has 0 heterocycles. The number of fused-ring (bicyclic) bond motifs is 2. The number of carbonyl (C=O) groups is 2. The number of hydrogen-bond donors (Lipinski definition) is 0. The standard InChI is InChI=1S/C14H11BO2/c15-8-5-6-11-12(7-8)14(17)10-4-2-1-3-9(10)13(11)16/h1-7,11-12H,15H2. The first-order valence-corrected chi connectivity index (χ1v) is 5.72. The lowest BCUT2D eigenvalue weighted by molar-refractivity contribution is 0.0801. The van der Waals surface area contributed by atoms with Crippen LogP contribution in [-0.4, -0.2) is 19.4 Å². The first-order chi connectivity index (χ1) is 8.18. The monoisotopic (exact) mass is 222 g/mol. The van der Waals surface area contributed by atoms with Gasteiger partial charge in [0, 0.05) is 11.1 Å². The van der Waals surface area contributed by atoms with Crippen LogP contribution < -0.4 is 0 Å². The highest BCUT2D eigenvalue weighted by Gasteiger charge is 2.39. The van der Waals surface area contributed by atoms with E-state index in [1.54, 1.807) is 24.3 Å². The van der Waals surface area contributed by atoms with Crippen LogP contribution in [0.2, 0.25) is 0 Å². The second-order valence-corrected chi connectivity index (χ2v) is 4.60. The lowest BCUT2D eigenvalue weighted by Crippen LogP contribution is -2.35. The van der Waals surface area contributed by atoms with Crippen LogP contribution >= 0.6 is 0 Å². The summed E-state index contributed by atoms with van der Waals surface area (Å²) in [6, 6.07) is 7.09. The van der Waals surface area contributed by atoms with Crippen molar-refractivity contribution in [3.05, 3.63) is 59.1 Å². The summed E-state index contributed by atoms with van der Waals surface area (Å²) in [5.41, 5.74) is 2.18. The summed E-state index contributed by atoms with van der Waals surface area (Å²) in [5.74, 6) is -0.484. The Morgan fingerprint density at radius 3 is 2.18 bits per heavy atom. The zero-order chi connectivity index (χ0) is 12.0. The predicted molar refractivity (Wildman–Crippen MR) is 67.9 cm³/mol. The number of hydrogen-bond acceptors (Lipinski definition) is 2. The van der Waals surface area contributed by atoms with Crippen LogP contribution in [0.5, 0.6) is 0 Å². The van der Waals surface area contributed by atoms with Crippen molar-refractivity contribution in [2.45, 2.75) is 0 Å². The summed E-state index contributed by atoms with van der Waals surface area (Å²) in [4.78, 5) is 24.6. The molecule has 0 saturated carbocycles. The highest BCUT2D eigenvalue weighted by molar-refractivity contribution is 6.25. The van der Waals surface area contributed by atoms with Crippen LogP contribution in [0.15, 0.2) is 48.0 Å². The molecule has 0 spiro atoms. The van der Waals surface area contributed by atoms with Gasteiger partial charge in [-0.2, -0.15) is 0 Å². The molecular formula is C14H11BO2. The Labute approximate surface area is 100 Å². The second kappa shape index (κ2) is 3.55. The van der Waals surface area contributed by atoms with E-state index in [4.69, 9.17) is 0 Å². The Bertz CT molecular complexity index is 584. The molecule has 0 aliphatic heterocycles. The van der Waals surface area contributed by atoms with E-state index in [-0.39, 0.29) is 23.4 Å². The third kappa shape index (κ3) is 1.42. The van der Waals surface area contributed by atoms with Gasteiger partial charge >= 0.3 is 0 Å². The molecule has 2 aliphatic carbocycles. The van der Waals surface area contributed by atoms with E-state index in [2.05, 4.69) is 0 Å². The minimum Gasteiger partial charge on any atom is -0.293 e. The van der Waals surface area contributed by atoms with E-state index < -0.39 is 0 Å². The first-order valence-electron chi connectivity index (χ1n) is 5.72. The molecule has 2 aliphatic rings. The lowest BCUT2D eigenvalue weighted by Gasteiger charge is -2.29. The van der Waals surface area contributed by atoms with Gasteiger partial charge in [0.05, 0.1) is 11.8 Å². The van der Waals surface area contributed by atoms with Crippen molar-refractivity contribution in [3.8, 4) is 0 Å². The molecule has 0 aromatic heterocycles. The molecule has 3 rings (SSSR count). The summed E-state index contributed by atoms with van der Waals surface area (Å²) >= 11 is 0. The van der Waals surface area contributed by atoms with E-state index in [9.17, 15) is 9.59 Å². The number of rotatable bonds is 0. The van der Waals surface area contributed by atoms with Gasteiger partial charge in [0.1, 0.15) is 7.85 Å². The molecule has 1 aromatic carbocycles. The van der Waals surface area contributed by atoms with Crippen LogP contribution in [0.3, 0.4) is 0 Å². The molecule has 2 unspecified atom stereocenters. The SMILES string of the molecule is BC1=CC2C(=O)c3ccccc3C(=O)C2C=C1. The Hall–Kier alpha value is -1.90. The number of ketones is 2. The molecule has 0 saturated heterocycles. The van der Waals surface area contributed by atoms with Crippen LogP contribution in [-0.2, 0) is 0 Å². The van der Waals surface area contributed by atoms with E-state index in [1.807, 2.05) is 26.1 Å². The molecule has 2 atom stereocenters. The average molecular weight is 222 g/mol. The fourth-order valence-corrected chi connectivity index (χ4v) is 2.58. The van der Waals surface area contributed by atoms with Gasteiger partial charge in [-0.1, -0.05) is 48.0 Å². The molecule has 2 nitrogen and oxygen atoms in total. The Morgan fingerprint density at radius 1 is 0.941 bits per heavy atom. The van der Waals surface area contributed by atoms with Gasteiger partial charge < -0.3 is 0 Å². The summed E-state index contributed by atoms with van der Waals surface area (Å²) in [6.07, 6.45) is 5.68. The molecule has 0 fully saturated rings. The van der Waals surface area contributed by atoms with Gasteiger partial charge in [-0.3, -0.25) is 9.59 Å². The minimum absolute atomic E-state index is 0.0604. The Kier molecular flexibility index (Phi) is 2.15. The third-order valence-electron chi connectivity index (χ3n) is 3.46. The average Bonchev–Trinajstić information content (AvgIpc) is 2.36. The van der Waals surface area contributed by atoms with E-state index >= 15 is 0 Å². The Morgan fingerprint density at radius 2 is 1.53 bits per heavy atom. The van der Waals surface area contributed by atoms with Crippen molar-refractivity contribution in [1.29, 1.82) is 0 Å². The van der Waals surface area contributed by atoms with Gasteiger partial charge in [0.25, 0.3) is 0 Å². The molecule has 1 aromatic rings. The normalized spacial score (nSPS) is 26.2. The lowest BCUT2D eigenvalue weighted by atomic mass is 9.69. The molecular weight excluding hydrogens is 211 g/mol. The van der Waals surface area contributed by atoms with Crippen molar-refractivity contribution in [1.82, 2.24) is 0 Å². The number of Topliss-reactive ketones (excluding diaryl/α,β-unsaturated/α-hetero) is 2. The van der Waals surface area contributed by atoms with Crippen molar-refractivity contribution in [2.24, 2.45) is 11.8 Å². The largest absolute Gasteiger partial charge is 0.293 e. The summed E-state index contributed by atoms with van der Waals surface area (Å²) in [5, 5.41) is 0. The van der Waals surface area contributed by atoms with Gasteiger partial charge in [0.2, 0.25) is 0 Å². The molecule has 0 amide bonds. The molecule has 17 heavy (non-hydrogen) atoms. The molecule has 3 heteroatoms. The topological polar surface area (TPSA) is 34.1 Å². The predicted octanol–water partition coefficient (Wildman–Crippen LogP) is 1.38. The van der Waals surface area contributed by atoms with Crippen LogP contribution in [0, 0.1) is 11.8 Å². The van der Waals surface area contributed by atoms with Crippen molar-refractivity contribution in [2.75, 3.05) is 0 Å². The number of carbonyl (C=O) groups excluding carboxylic acids is 2. The quantitative estimate of drug-likeness (QED) is 0.621. The van der Waals surface area contributed by atoms with Crippen molar-refractivity contribution in [3.63, 3.8) is 0 Å². The minimum atomic E-state index is -0.305. The maximum absolute atomic E-state index is 12.3. The third-order valence-corrected chi connectivity index (χ3v) is 3.46. The van der Waals surface area contributed by atoms with Crippen LogP contribution in [0.4, 0.5) is 0 Å². The van der Waals surface area contributed by atoms with Crippen LogP contribution in [0.25, 0.3) is 0 Å². The van der Waals surface area contributed by atoms with Crippen LogP contribution in [0.1, 0.15) is 20.7 Å². The van der Waals surface area contributed by atoms with E-state index in [1.165, 1.54) is 0 Å². The number of benzene rings is 1. The van der Waals surface area contributed by atoms with E-state index in [0.717, 1.165) is 5.47 Å². The maximum Gasteiger partial charge on any atom is 0.171 e.